The molecule has 1 unspecified atom stereocenters. The first-order valence-corrected chi connectivity index (χ1v) is 4.87. The topological polar surface area (TPSA) is 47.0 Å². The van der Waals surface area contributed by atoms with Crippen LogP contribution in [0.1, 0.15) is 6.92 Å². The predicted molar refractivity (Wildman–Crippen MR) is 52.1 cm³/mol. The van der Waals surface area contributed by atoms with Crippen molar-refractivity contribution in [3.63, 3.8) is 0 Å². The van der Waals surface area contributed by atoms with Crippen LogP contribution in [0.15, 0.2) is 18.6 Å². The van der Waals surface area contributed by atoms with E-state index in [2.05, 4.69) is 14.7 Å². The van der Waals surface area contributed by atoms with Crippen molar-refractivity contribution < 1.29 is 26.7 Å². The van der Waals surface area contributed by atoms with Crippen molar-refractivity contribution in [1.82, 2.24) is 9.97 Å². The zero-order chi connectivity index (χ0) is 13.8. The quantitative estimate of drug-likeness (QED) is 0.660. The lowest BCUT2D eigenvalue weighted by molar-refractivity contribution is -0.313. The molecule has 1 heterocycles. The van der Waals surface area contributed by atoms with Gasteiger partial charge in [0.2, 0.25) is 6.23 Å². The third kappa shape index (κ3) is 3.25. The van der Waals surface area contributed by atoms with Gasteiger partial charge in [0.05, 0.1) is 6.20 Å². The number of nitrogens with zero attached hydrogens (tertiary/aromatic N) is 2. The molecular weight excluding hydrogens is 261 g/mol. The average molecular weight is 271 g/mol. The van der Waals surface area contributed by atoms with Crippen molar-refractivity contribution in [2.24, 2.45) is 0 Å². The van der Waals surface area contributed by atoms with Crippen molar-refractivity contribution in [1.29, 1.82) is 0 Å². The van der Waals surface area contributed by atoms with Crippen molar-refractivity contribution in [2.45, 2.75) is 25.3 Å². The average Bonchev–Trinajstić information content (AvgIpc) is 2.28. The number of alkyl halides is 5. The van der Waals surface area contributed by atoms with Gasteiger partial charge in [0.25, 0.3) is 0 Å². The summed E-state index contributed by atoms with van der Waals surface area (Å²) in [6.45, 7) is 0.988. The van der Waals surface area contributed by atoms with Gasteiger partial charge in [-0.3, -0.25) is 4.98 Å². The summed E-state index contributed by atoms with van der Waals surface area (Å²) in [5, 5.41) is 1.86. The van der Waals surface area contributed by atoms with Crippen LogP contribution < -0.4 is 5.32 Å². The molecule has 0 saturated carbocycles. The summed E-state index contributed by atoms with van der Waals surface area (Å²) in [5.74, 6) is -5.28. The normalized spacial score (nSPS) is 14.3. The SMILES string of the molecule is CCOC(Nc1cnccn1)C(F)(F)C(F)(F)F. The van der Waals surface area contributed by atoms with E-state index in [1.54, 1.807) is 0 Å². The largest absolute Gasteiger partial charge is 0.458 e. The molecular formula is C9H10F5N3O. The molecule has 0 aliphatic rings. The molecule has 1 aromatic heterocycles. The van der Waals surface area contributed by atoms with Crippen molar-refractivity contribution >= 4 is 5.82 Å². The standard InChI is InChI=1S/C9H10F5N3O/c1-2-18-7(8(10,11)9(12,13)14)17-6-5-15-3-4-16-6/h3-5,7H,2H2,1H3,(H,16,17). The van der Waals surface area contributed by atoms with Gasteiger partial charge in [0.1, 0.15) is 5.82 Å². The van der Waals surface area contributed by atoms with Crippen LogP contribution in [0.5, 0.6) is 0 Å². The molecule has 102 valence electrons. The highest BCUT2D eigenvalue weighted by Crippen LogP contribution is 2.39. The Balaban J connectivity index is 2.90. The molecule has 0 radical (unpaired) electrons. The molecule has 9 heteroatoms. The summed E-state index contributed by atoms with van der Waals surface area (Å²) in [6, 6.07) is 0. The lowest BCUT2D eigenvalue weighted by Crippen LogP contribution is -2.52. The van der Waals surface area contributed by atoms with Gasteiger partial charge < -0.3 is 10.1 Å². The van der Waals surface area contributed by atoms with Crippen LogP contribution in [0, 0.1) is 0 Å². The Morgan fingerprint density at radius 3 is 2.39 bits per heavy atom. The molecule has 1 rings (SSSR count). The van der Waals surface area contributed by atoms with Crippen LogP contribution in [-0.2, 0) is 4.74 Å². The predicted octanol–water partition coefficient (Wildman–Crippen LogP) is 2.45. The molecule has 0 amide bonds. The molecule has 4 nitrogen and oxygen atoms in total. The fourth-order valence-corrected chi connectivity index (χ4v) is 1.06. The van der Waals surface area contributed by atoms with Crippen molar-refractivity contribution in [2.75, 3.05) is 11.9 Å². The number of aromatic nitrogens is 2. The number of halogens is 5. The Bertz CT molecular complexity index is 370. The van der Waals surface area contributed by atoms with Crippen LogP contribution in [0.2, 0.25) is 0 Å². The monoisotopic (exact) mass is 271 g/mol. The van der Waals surface area contributed by atoms with Crippen LogP contribution in [0.4, 0.5) is 27.8 Å². The van der Waals surface area contributed by atoms with E-state index in [1.807, 2.05) is 5.32 Å². The molecule has 0 saturated heterocycles. The maximum atomic E-state index is 13.1. The molecule has 1 atom stereocenters. The number of rotatable bonds is 5. The molecule has 1 N–H and O–H groups in total. The van der Waals surface area contributed by atoms with E-state index in [4.69, 9.17) is 0 Å². The minimum Gasteiger partial charge on any atom is -0.352 e. The second-order valence-electron chi connectivity index (χ2n) is 3.19. The van der Waals surface area contributed by atoms with Gasteiger partial charge in [0.15, 0.2) is 0 Å². The minimum atomic E-state index is -5.72. The number of hydrogen-bond donors (Lipinski definition) is 1. The van der Waals surface area contributed by atoms with E-state index in [-0.39, 0.29) is 12.4 Å². The minimum absolute atomic E-state index is 0.236. The fraction of sp³-hybridized carbons (Fsp3) is 0.556. The molecule has 0 aliphatic heterocycles. The van der Waals surface area contributed by atoms with Crippen molar-refractivity contribution in [3.8, 4) is 0 Å². The molecule has 0 aromatic carbocycles. The van der Waals surface area contributed by atoms with Gasteiger partial charge in [-0.25, -0.2) is 4.98 Å². The van der Waals surface area contributed by atoms with Crippen LogP contribution >= 0.6 is 0 Å². The molecule has 0 aliphatic carbocycles. The van der Waals surface area contributed by atoms with E-state index >= 15 is 0 Å². The summed E-state index contributed by atoms with van der Waals surface area (Å²) < 4.78 is 67.2. The Morgan fingerprint density at radius 1 is 1.28 bits per heavy atom. The Labute approximate surface area is 99.2 Å². The summed E-state index contributed by atoms with van der Waals surface area (Å²) in [6.07, 6.45) is -4.86. The number of nitrogens with one attached hydrogen (secondary N) is 1. The van der Waals surface area contributed by atoms with Gasteiger partial charge in [-0.05, 0) is 6.92 Å². The first kappa shape index (κ1) is 14.6. The number of ether oxygens (including phenoxy) is 1. The first-order chi connectivity index (χ1) is 8.29. The lowest BCUT2D eigenvalue weighted by atomic mass is 10.3. The van der Waals surface area contributed by atoms with Crippen molar-refractivity contribution in [3.05, 3.63) is 18.6 Å². The van der Waals surface area contributed by atoms with Crippen LogP contribution in [-0.4, -0.2) is 34.9 Å². The maximum absolute atomic E-state index is 13.1. The number of hydrogen-bond acceptors (Lipinski definition) is 4. The Hall–Kier alpha value is -1.51. The smallest absolute Gasteiger partial charge is 0.352 e. The van der Waals surface area contributed by atoms with E-state index < -0.39 is 18.3 Å². The van der Waals surface area contributed by atoms with E-state index in [1.165, 1.54) is 13.1 Å². The summed E-state index contributed by atoms with van der Waals surface area (Å²) in [7, 11) is 0. The highest BCUT2D eigenvalue weighted by molar-refractivity contribution is 5.31. The van der Waals surface area contributed by atoms with Gasteiger partial charge in [-0.15, -0.1) is 0 Å². The zero-order valence-corrected chi connectivity index (χ0v) is 9.21. The third-order valence-corrected chi connectivity index (χ3v) is 1.88. The van der Waals surface area contributed by atoms with Gasteiger partial charge in [-0.1, -0.05) is 0 Å². The van der Waals surface area contributed by atoms with E-state index in [0.717, 1.165) is 12.4 Å². The molecule has 18 heavy (non-hydrogen) atoms. The summed E-state index contributed by atoms with van der Waals surface area (Å²) >= 11 is 0. The van der Waals surface area contributed by atoms with Crippen LogP contribution in [0.25, 0.3) is 0 Å². The van der Waals surface area contributed by atoms with E-state index in [0.29, 0.717) is 0 Å². The van der Waals surface area contributed by atoms with Crippen LogP contribution in [0.3, 0.4) is 0 Å². The third-order valence-electron chi connectivity index (χ3n) is 1.88. The van der Waals surface area contributed by atoms with E-state index in [9.17, 15) is 22.0 Å². The zero-order valence-electron chi connectivity index (χ0n) is 9.21. The van der Waals surface area contributed by atoms with Gasteiger partial charge >= 0.3 is 12.1 Å². The summed E-state index contributed by atoms with van der Waals surface area (Å²) in [5.41, 5.74) is 0. The fourth-order valence-electron chi connectivity index (χ4n) is 1.06. The molecule has 0 bridgehead atoms. The molecule has 0 spiro atoms. The molecule has 0 fully saturated rings. The van der Waals surface area contributed by atoms with Gasteiger partial charge in [0, 0.05) is 19.0 Å². The first-order valence-electron chi connectivity index (χ1n) is 4.87. The second-order valence-corrected chi connectivity index (χ2v) is 3.19. The number of anilines is 1. The Morgan fingerprint density at radius 2 is 1.94 bits per heavy atom. The highest BCUT2D eigenvalue weighted by atomic mass is 19.4. The second kappa shape index (κ2) is 5.42. The highest BCUT2D eigenvalue weighted by Gasteiger charge is 2.63. The van der Waals surface area contributed by atoms with Gasteiger partial charge in [-0.2, -0.15) is 22.0 Å². The Kier molecular flexibility index (Phi) is 4.38. The molecule has 1 aromatic rings. The summed E-state index contributed by atoms with van der Waals surface area (Å²) in [4.78, 5) is 7.08. The lowest BCUT2D eigenvalue weighted by Gasteiger charge is -2.28. The maximum Gasteiger partial charge on any atom is 0.458 e.